The molecule has 0 N–H and O–H groups in total. The molecule has 0 unspecified atom stereocenters. The van der Waals surface area contributed by atoms with Crippen molar-refractivity contribution in [1.29, 1.82) is 0 Å². The second-order valence-electron chi connectivity index (χ2n) is 2.98. The van der Waals surface area contributed by atoms with Crippen LogP contribution in [0.3, 0.4) is 0 Å². The van der Waals surface area contributed by atoms with Gasteiger partial charge < -0.3 is 9.47 Å². The van der Waals surface area contributed by atoms with Crippen LogP contribution in [0.4, 0.5) is 0 Å². The number of hydrogen-bond donors (Lipinski definition) is 0. The third-order valence-corrected chi connectivity index (χ3v) is 5.23. The number of thiophene rings is 1. The topological polar surface area (TPSA) is 18.5 Å². The minimum absolute atomic E-state index is 0.258. The molecule has 1 aromatic rings. The van der Waals surface area contributed by atoms with Gasteiger partial charge >= 0.3 is 0 Å². The zero-order valence-corrected chi connectivity index (χ0v) is 9.21. The summed E-state index contributed by atoms with van der Waals surface area (Å²) in [5.74, 6) is 3.92. The molecule has 1 saturated heterocycles. The fraction of sp³-hybridized carbons (Fsp3) is 0.500. The van der Waals surface area contributed by atoms with Crippen molar-refractivity contribution < 1.29 is 9.47 Å². The third kappa shape index (κ3) is 1.43. The Bertz CT molecular complexity index is 284. The van der Waals surface area contributed by atoms with Crippen LogP contribution in [-0.2, 0) is 0 Å². The van der Waals surface area contributed by atoms with Gasteiger partial charge in [0.05, 0.1) is 0 Å². The maximum atomic E-state index is 5.83. The van der Waals surface area contributed by atoms with Crippen molar-refractivity contribution in [3.8, 4) is 11.5 Å². The van der Waals surface area contributed by atoms with Gasteiger partial charge in [-0.3, -0.25) is 0 Å². The van der Waals surface area contributed by atoms with E-state index in [4.69, 9.17) is 9.47 Å². The minimum Gasteiger partial charge on any atom is -0.481 e. The van der Waals surface area contributed by atoms with Crippen LogP contribution in [0.5, 0.6) is 11.5 Å². The van der Waals surface area contributed by atoms with Crippen molar-refractivity contribution in [3.05, 3.63) is 10.8 Å². The molecule has 1 aromatic heterocycles. The number of hydrogen-bond acceptors (Lipinski definition) is 5. The molecule has 3 heterocycles. The summed E-state index contributed by atoms with van der Waals surface area (Å²) in [7, 11) is 3.75. The summed E-state index contributed by atoms with van der Waals surface area (Å²) in [6.45, 7) is 0. The monoisotopic (exact) mass is 232 g/mol. The van der Waals surface area contributed by atoms with E-state index in [0.717, 1.165) is 23.0 Å². The Morgan fingerprint density at radius 3 is 2.08 bits per heavy atom. The van der Waals surface area contributed by atoms with Gasteiger partial charge in [-0.05, 0) is 0 Å². The highest BCUT2D eigenvalue weighted by Gasteiger charge is 2.34. The van der Waals surface area contributed by atoms with Gasteiger partial charge in [-0.1, -0.05) is 21.6 Å². The van der Waals surface area contributed by atoms with E-state index in [2.05, 4.69) is 0 Å². The number of rotatable bonds is 0. The lowest BCUT2D eigenvalue weighted by Crippen LogP contribution is -2.44. The molecular weight excluding hydrogens is 224 g/mol. The molecule has 0 aliphatic carbocycles. The van der Waals surface area contributed by atoms with Crippen molar-refractivity contribution in [3.63, 3.8) is 0 Å². The number of fused-ring (bicyclic) bond motifs is 2. The fourth-order valence-electron chi connectivity index (χ4n) is 1.44. The molecule has 2 atom stereocenters. The van der Waals surface area contributed by atoms with Crippen molar-refractivity contribution in [2.75, 3.05) is 11.5 Å². The molecule has 0 aromatic carbocycles. The average Bonchev–Trinajstić information content (AvgIpc) is 2.61. The Morgan fingerprint density at radius 1 is 1.00 bits per heavy atom. The van der Waals surface area contributed by atoms with Gasteiger partial charge in [0, 0.05) is 22.3 Å². The molecule has 2 aliphatic heterocycles. The standard InChI is InChI=1S/C8H8O2S3/c1-5-6(2-11-1)10-8-4-13-12-3-7(8)9-5/h1-2,7-8H,3-4H2/t7-,8+. The Morgan fingerprint density at radius 2 is 1.54 bits per heavy atom. The van der Waals surface area contributed by atoms with Gasteiger partial charge in [0.25, 0.3) is 0 Å². The lowest BCUT2D eigenvalue weighted by atomic mass is 10.2. The highest BCUT2D eigenvalue weighted by Crippen LogP contribution is 2.42. The lowest BCUT2D eigenvalue weighted by molar-refractivity contribution is 0.0493. The first-order valence-corrected chi connectivity index (χ1v) is 7.50. The Balaban J connectivity index is 1.89. The smallest absolute Gasteiger partial charge is 0.172 e. The molecule has 3 rings (SSSR count). The van der Waals surface area contributed by atoms with Crippen LogP contribution < -0.4 is 9.47 Å². The van der Waals surface area contributed by atoms with Crippen LogP contribution in [0.15, 0.2) is 10.8 Å². The molecule has 0 bridgehead atoms. The van der Waals surface area contributed by atoms with Gasteiger partial charge in [0.15, 0.2) is 11.5 Å². The van der Waals surface area contributed by atoms with E-state index in [1.54, 1.807) is 11.3 Å². The molecule has 13 heavy (non-hydrogen) atoms. The van der Waals surface area contributed by atoms with Crippen LogP contribution in [0, 0.1) is 0 Å². The fourth-order valence-corrected chi connectivity index (χ4v) is 4.50. The SMILES string of the molecule is c1scc2c1O[C@H]1CSSC[C@H]1O2. The largest absolute Gasteiger partial charge is 0.481 e. The van der Waals surface area contributed by atoms with E-state index in [1.165, 1.54) is 0 Å². The molecule has 0 spiro atoms. The maximum Gasteiger partial charge on any atom is 0.172 e. The third-order valence-electron chi connectivity index (χ3n) is 2.11. The van der Waals surface area contributed by atoms with Gasteiger partial charge in [-0.15, -0.1) is 11.3 Å². The van der Waals surface area contributed by atoms with Crippen LogP contribution in [0.1, 0.15) is 0 Å². The minimum atomic E-state index is 0.258. The number of ether oxygens (including phenoxy) is 2. The molecule has 0 saturated carbocycles. The molecule has 1 fully saturated rings. The van der Waals surface area contributed by atoms with Crippen LogP contribution in [0.2, 0.25) is 0 Å². The highest BCUT2D eigenvalue weighted by molar-refractivity contribution is 8.76. The first-order valence-electron chi connectivity index (χ1n) is 4.07. The van der Waals surface area contributed by atoms with Crippen molar-refractivity contribution in [1.82, 2.24) is 0 Å². The summed E-state index contributed by atoms with van der Waals surface area (Å²) in [4.78, 5) is 0. The van der Waals surface area contributed by atoms with E-state index in [0.29, 0.717) is 0 Å². The summed E-state index contributed by atoms with van der Waals surface area (Å²) >= 11 is 1.64. The predicted molar refractivity (Wildman–Crippen MR) is 58.1 cm³/mol. The van der Waals surface area contributed by atoms with E-state index in [1.807, 2.05) is 32.3 Å². The Kier molecular flexibility index (Phi) is 2.11. The molecular formula is C8H8O2S3. The van der Waals surface area contributed by atoms with E-state index < -0.39 is 0 Å². The van der Waals surface area contributed by atoms with E-state index in [-0.39, 0.29) is 12.2 Å². The first-order chi connectivity index (χ1) is 6.43. The average molecular weight is 232 g/mol. The molecule has 2 aliphatic rings. The van der Waals surface area contributed by atoms with E-state index in [9.17, 15) is 0 Å². The molecule has 2 nitrogen and oxygen atoms in total. The summed E-state index contributed by atoms with van der Waals surface area (Å²) < 4.78 is 11.7. The van der Waals surface area contributed by atoms with Crippen LogP contribution >= 0.6 is 32.9 Å². The zero-order valence-electron chi connectivity index (χ0n) is 6.76. The maximum absolute atomic E-state index is 5.83. The predicted octanol–water partition coefficient (Wildman–Crippen LogP) is 2.65. The summed E-state index contributed by atoms with van der Waals surface area (Å²) in [6.07, 6.45) is 0.515. The highest BCUT2D eigenvalue weighted by atomic mass is 33.1. The second kappa shape index (κ2) is 3.29. The molecule has 70 valence electrons. The van der Waals surface area contributed by atoms with E-state index >= 15 is 0 Å². The Hall–Kier alpha value is -0.0000000000000000555. The zero-order chi connectivity index (χ0) is 8.67. The van der Waals surface area contributed by atoms with Crippen LogP contribution in [0.25, 0.3) is 0 Å². The van der Waals surface area contributed by atoms with Crippen molar-refractivity contribution in [2.45, 2.75) is 12.2 Å². The summed E-state index contributed by atoms with van der Waals surface area (Å²) in [5.41, 5.74) is 0. The molecule has 5 heteroatoms. The second-order valence-corrected chi connectivity index (χ2v) is 6.28. The summed E-state index contributed by atoms with van der Waals surface area (Å²) in [6, 6.07) is 0. The van der Waals surface area contributed by atoms with Crippen molar-refractivity contribution >= 4 is 32.9 Å². The molecule has 0 radical (unpaired) electrons. The van der Waals surface area contributed by atoms with Gasteiger partial charge in [0.1, 0.15) is 12.2 Å². The van der Waals surface area contributed by atoms with Crippen molar-refractivity contribution in [2.24, 2.45) is 0 Å². The quantitative estimate of drug-likeness (QED) is 0.640. The Labute approximate surface area is 88.4 Å². The van der Waals surface area contributed by atoms with Gasteiger partial charge in [-0.25, -0.2) is 0 Å². The van der Waals surface area contributed by atoms with Gasteiger partial charge in [-0.2, -0.15) is 0 Å². The van der Waals surface area contributed by atoms with Crippen LogP contribution in [-0.4, -0.2) is 23.7 Å². The normalized spacial score (nSPS) is 31.1. The van der Waals surface area contributed by atoms with Gasteiger partial charge in [0.2, 0.25) is 0 Å². The molecule has 0 amide bonds. The first kappa shape index (κ1) is 8.32. The summed E-state index contributed by atoms with van der Waals surface area (Å²) in [5, 5.41) is 4.02. The lowest BCUT2D eigenvalue weighted by Gasteiger charge is -2.34.